The van der Waals surface area contributed by atoms with Crippen LogP contribution >= 0.6 is 0 Å². The van der Waals surface area contributed by atoms with Crippen molar-refractivity contribution in [3.63, 3.8) is 0 Å². The highest BCUT2D eigenvalue weighted by Gasteiger charge is 2.40. The molecule has 0 bridgehead atoms. The number of halogens is 3. The van der Waals surface area contributed by atoms with E-state index in [0.717, 1.165) is 16.7 Å². The summed E-state index contributed by atoms with van der Waals surface area (Å²) in [6, 6.07) is 0. The molecule has 0 amide bonds. The van der Waals surface area contributed by atoms with E-state index in [4.69, 9.17) is 4.84 Å². The molecule has 0 unspecified atom stereocenters. The van der Waals surface area contributed by atoms with Crippen LogP contribution in [0.3, 0.4) is 0 Å². The second kappa shape index (κ2) is 4.96. The van der Waals surface area contributed by atoms with Gasteiger partial charge in [0.2, 0.25) is 0 Å². The van der Waals surface area contributed by atoms with E-state index in [9.17, 15) is 13.2 Å². The Labute approximate surface area is 106 Å². The predicted octanol–water partition coefficient (Wildman–Crippen LogP) is 3.92. The molecule has 0 aromatic heterocycles. The molecule has 0 radical (unpaired) electrons. The van der Waals surface area contributed by atoms with Crippen LogP contribution in [0.5, 0.6) is 0 Å². The van der Waals surface area contributed by atoms with E-state index >= 15 is 0 Å². The number of hydrogen-bond donors (Lipinski definition) is 0. The van der Waals surface area contributed by atoms with Crippen molar-refractivity contribution in [3.8, 4) is 0 Å². The predicted molar refractivity (Wildman–Crippen MR) is 64.6 cm³/mol. The van der Waals surface area contributed by atoms with E-state index in [1.807, 2.05) is 6.92 Å². The van der Waals surface area contributed by atoms with Crippen LogP contribution in [0, 0.1) is 11.3 Å². The zero-order valence-corrected chi connectivity index (χ0v) is 11.4. The van der Waals surface area contributed by atoms with E-state index < -0.39 is 11.9 Å². The van der Waals surface area contributed by atoms with Gasteiger partial charge < -0.3 is 0 Å². The van der Waals surface area contributed by atoms with Crippen LogP contribution < -0.4 is 0 Å². The first-order valence-electron chi connectivity index (χ1n) is 5.87. The van der Waals surface area contributed by atoms with Crippen molar-refractivity contribution in [1.29, 1.82) is 0 Å². The highest BCUT2D eigenvalue weighted by atomic mass is 19.4. The summed E-state index contributed by atoms with van der Waals surface area (Å²) in [5.41, 5.74) is 0.196. The lowest BCUT2D eigenvalue weighted by Crippen LogP contribution is -2.36. The average molecular weight is 263 g/mol. The Kier molecular flexibility index (Phi) is 4.15. The number of rotatable bonds is 2. The lowest BCUT2D eigenvalue weighted by molar-refractivity contribution is -0.179. The van der Waals surface area contributed by atoms with E-state index in [1.54, 1.807) is 6.08 Å². The number of alkyl halides is 3. The molecule has 0 saturated carbocycles. The number of hydrogen-bond acceptors (Lipinski definition) is 2. The maximum absolute atomic E-state index is 12.7. The summed E-state index contributed by atoms with van der Waals surface area (Å²) < 4.78 is 38.2. The summed E-state index contributed by atoms with van der Waals surface area (Å²) in [5.74, 6) is 0.182. The first kappa shape index (κ1) is 15.1. The minimum Gasteiger partial charge on any atom is -0.276 e. The molecule has 0 fully saturated rings. The first-order chi connectivity index (χ1) is 8.07. The van der Waals surface area contributed by atoms with Gasteiger partial charge >= 0.3 is 6.18 Å². The molecule has 0 aromatic rings. The third-order valence-electron chi connectivity index (χ3n) is 3.42. The van der Waals surface area contributed by atoms with Crippen LogP contribution in [0.1, 0.15) is 27.7 Å². The van der Waals surface area contributed by atoms with E-state index in [0.29, 0.717) is 0 Å². The van der Waals surface area contributed by atoms with Crippen molar-refractivity contribution in [2.75, 3.05) is 13.7 Å². The van der Waals surface area contributed by atoms with Gasteiger partial charge in [0.1, 0.15) is 5.70 Å². The van der Waals surface area contributed by atoms with Crippen molar-refractivity contribution >= 4 is 0 Å². The third kappa shape index (κ3) is 3.28. The monoisotopic (exact) mass is 263 g/mol. The molecule has 1 atom stereocenters. The van der Waals surface area contributed by atoms with Crippen molar-refractivity contribution in [2.45, 2.75) is 33.9 Å². The lowest BCUT2D eigenvalue weighted by atomic mass is 9.77. The Hall–Kier alpha value is -0.970. The quantitative estimate of drug-likeness (QED) is 0.748. The first-order valence-corrected chi connectivity index (χ1v) is 5.87. The molecule has 1 rings (SSSR count). The number of nitrogens with zero attached hydrogens (tertiary/aromatic N) is 1. The SMILES string of the molecule is CON1CC([C@@H](C)C(C)(C)C)=CC=C1C(F)(F)F. The summed E-state index contributed by atoms with van der Waals surface area (Å²) in [6.07, 6.45) is -1.73. The maximum atomic E-state index is 12.7. The highest BCUT2D eigenvalue weighted by molar-refractivity contribution is 5.28. The molecule has 104 valence electrons. The van der Waals surface area contributed by atoms with Crippen molar-refractivity contribution < 1.29 is 18.0 Å². The molecular formula is C13H20F3NO. The summed E-state index contributed by atoms with van der Waals surface area (Å²) in [5, 5.41) is 0.900. The Morgan fingerprint density at radius 3 is 2.17 bits per heavy atom. The molecule has 0 N–H and O–H groups in total. The van der Waals surface area contributed by atoms with Crippen LogP contribution in [0.15, 0.2) is 23.4 Å². The summed E-state index contributed by atoms with van der Waals surface area (Å²) >= 11 is 0. The van der Waals surface area contributed by atoms with Gasteiger partial charge in [-0.25, -0.2) is 5.06 Å². The smallest absolute Gasteiger partial charge is 0.276 e. The summed E-state index contributed by atoms with van der Waals surface area (Å²) in [7, 11) is 1.25. The van der Waals surface area contributed by atoms with Gasteiger partial charge in [-0.3, -0.25) is 4.84 Å². The molecule has 1 aliphatic heterocycles. The van der Waals surface area contributed by atoms with Crippen LogP contribution in [0.2, 0.25) is 0 Å². The molecule has 0 aromatic carbocycles. The standard InChI is InChI=1S/C13H20F3NO/c1-9(12(2,3)4)10-6-7-11(13(14,15)16)17(8-10)18-5/h6-7,9H,8H2,1-5H3/t9-/m1/s1. The second-order valence-electron chi connectivity index (χ2n) is 5.60. The Morgan fingerprint density at radius 1 is 1.22 bits per heavy atom. The van der Waals surface area contributed by atoms with Crippen molar-refractivity contribution in [2.24, 2.45) is 11.3 Å². The molecule has 18 heavy (non-hydrogen) atoms. The molecule has 0 aliphatic carbocycles. The minimum absolute atomic E-state index is 0.00875. The molecule has 0 spiro atoms. The van der Waals surface area contributed by atoms with Crippen LogP contribution in [-0.4, -0.2) is 24.9 Å². The lowest BCUT2D eigenvalue weighted by Gasteiger charge is -2.35. The van der Waals surface area contributed by atoms with Crippen LogP contribution in [-0.2, 0) is 4.84 Å². The molecule has 1 aliphatic rings. The molecule has 5 heteroatoms. The zero-order chi connectivity index (χ0) is 14.1. The van der Waals surface area contributed by atoms with Gasteiger partial charge in [0.05, 0.1) is 13.7 Å². The largest absolute Gasteiger partial charge is 0.433 e. The molecule has 0 saturated heterocycles. The topological polar surface area (TPSA) is 12.5 Å². The van der Waals surface area contributed by atoms with Gasteiger partial charge in [0.15, 0.2) is 0 Å². The van der Waals surface area contributed by atoms with Gasteiger partial charge in [-0.1, -0.05) is 33.8 Å². The Bertz CT molecular complexity index is 363. The fourth-order valence-electron chi connectivity index (χ4n) is 1.81. The average Bonchev–Trinajstić information content (AvgIpc) is 2.24. The molecule has 2 nitrogen and oxygen atoms in total. The summed E-state index contributed by atoms with van der Waals surface area (Å²) in [4.78, 5) is 4.83. The van der Waals surface area contributed by atoms with E-state index in [2.05, 4.69) is 20.8 Å². The molecular weight excluding hydrogens is 243 g/mol. The summed E-state index contributed by atoms with van der Waals surface area (Å²) in [6.45, 7) is 8.38. The highest BCUT2D eigenvalue weighted by Crippen LogP contribution is 2.37. The third-order valence-corrected chi connectivity index (χ3v) is 3.42. The van der Waals surface area contributed by atoms with Crippen molar-refractivity contribution in [3.05, 3.63) is 23.4 Å². The van der Waals surface area contributed by atoms with Gasteiger partial charge in [0.25, 0.3) is 0 Å². The van der Waals surface area contributed by atoms with E-state index in [-0.39, 0.29) is 17.9 Å². The van der Waals surface area contributed by atoms with Crippen LogP contribution in [0.4, 0.5) is 13.2 Å². The fourth-order valence-corrected chi connectivity index (χ4v) is 1.81. The van der Waals surface area contributed by atoms with Gasteiger partial charge in [0, 0.05) is 0 Å². The van der Waals surface area contributed by atoms with E-state index in [1.165, 1.54) is 7.11 Å². The fraction of sp³-hybridized carbons (Fsp3) is 0.692. The van der Waals surface area contributed by atoms with Gasteiger partial charge in [-0.15, -0.1) is 0 Å². The Balaban J connectivity index is 3.02. The van der Waals surface area contributed by atoms with Gasteiger partial charge in [-0.2, -0.15) is 13.2 Å². The zero-order valence-electron chi connectivity index (χ0n) is 11.4. The maximum Gasteiger partial charge on any atom is 0.433 e. The molecule has 1 heterocycles. The number of allylic oxidation sites excluding steroid dienone is 3. The Morgan fingerprint density at radius 2 is 1.78 bits per heavy atom. The second-order valence-corrected chi connectivity index (χ2v) is 5.60. The number of hydroxylamine groups is 2. The normalized spacial score (nSPS) is 19.4. The van der Waals surface area contributed by atoms with Crippen LogP contribution in [0.25, 0.3) is 0 Å². The van der Waals surface area contributed by atoms with Crippen molar-refractivity contribution in [1.82, 2.24) is 5.06 Å². The van der Waals surface area contributed by atoms with Gasteiger partial charge in [-0.05, 0) is 23.0 Å². The minimum atomic E-state index is -4.39.